The van der Waals surface area contributed by atoms with Gasteiger partial charge in [0.15, 0.2) is 0 Å². The van der Waals surface area contributed by atoms with E-state index in [1.54, 1.807) is 4.68 Å². The number of anilines is 1. The van der Waals surface area contributed by atoms with Crippen molar-refractivity contribution in [3.05, 3.63) is 30.6 Å². The molecule has 4 rings (SSSR count). The molecular weight excluding hydrogens is 280 g/mol. The Hall–Kier alpha value is -2.28. The van der Waals surface area contributed by atoms with Gasteiger partial charge in [-0.2, -0.15) is 0 Å². The lowest BCUT2D eigenvalue weighted by Crippen LogP contribution is -2.31. The number of amides is 1. The second-order valence-corrected chi connectivity index (χ2v) is 6.16. The zero-order valence-electron chi connectivity index (χ0n) is 12.2. The molecule has 1 aliphatic heterocycles. The molecule has 1 atom stereocenters. The second-order valence-electron chi connectivity index (χ2n) is 6.16. The van der Waals surface area contributed by atoms with Crippen molar-refractivity contribution in [2.45, 2.75) is 19.3 Å². The summed E-state index contributed by atoms with van der Waals surface area (Å²) in [6.07, 6.45) is 4.77. The van der Waals surface area contributed by atoms with Crippen LogP contribution in [0.2, 0.25) is 0 Å². The van der Waals surface area contributed by atoms with Gasteiger partial charge in [0.1, 0.15) is 6.33 Å². The van der Waals surface area contributed by atoms with E-state index in [2.05, 4.69) is 26.2 Å². The van der Waals surface area contributed by atoms with Crippen LogP contribution in [0, 0.1) is 11.3 Å². The summed E-state index contributed by atoms with van der Waals surface area (Å²) in [5.74, 6) is 0.294. The number of carbonyl (C=O) groups is 1. The van der Waals surface area contributed by atoms with Crippen LogP contribution >= 0.6 is 0 Å². The summed E-state index contributed by atoms with van der Waals surface area (Å²) >= 11 is 0. The standard InChI is InChI=1S/C15H18N6O/c22-14(13-9-15(13)4-6-16-7-5-15)18-11-2-1-3-12(8-11)21-10-17-19-20-21/h1-3,8,10,13,16H,4-7,9H2,(H,18,22). The van der Waals surface area contributed by atoms with Crippen molar-refractivity contribution in [2.24, 2.45) is 11.3 Å². The fourth-order valence-electron chi connectivity index (χ4n) is 3.43. The normalized spacial score (nSPS) is 22.5. The summed E-state index contributed by atoms with van der Waals surface area (Å²) < 4.78 is 1.57. The SMILES string of the molecule is O=C(Nc1cccc(-n2cnnn2)c1)C1CC12CCNCC2. The molecule has 1 aromatic carbocycles. The maximum atomic E-state index is 12.5. The summed E-state index contributed by atoms with van der Waals surface area (Å²) in [7, 11) is 0. The van der Waals surface area contributed by atoms with Gasteiger partial charge in [-0.25, -0.2) is 4.68 Å². The lowest BCUT2D eigenvalue weighted by atomic mass is 9.92. The third-order valence-corrected chi connectivity index (χ3v) is 4.83. The first-order chi connectivity index (χ1) is 10.8. The van der Waals surface area contributed by atoms with E-state index in [0.29, 0.717) is 0 Å². The van der Waals surface area contributed by atoms with Crippen molar-refractivity contribution < 1.29 is 4.79 Å². The molecule has 1 unspecified atom stereocenters. The third kappa shape index (κ3) is 2.37. The van der Waals surface area contributed by atoms with Gasteiger partial charge in [0, 0.05) is 11.6 Å². The van der Waals surface area contributed by atoms with E-state index in [9.17, 15) is 4.79 Å². The topological polar surface area (TPSA) is 84.7 Å². The highest BCUT2D eigenvalue weighted by molar-refractivity contribution is 5.95. The number of tetrazole rings is 1. The minimum atomic E-state index is 0.135. The predicted molar refractivity (Wildman–Crippen MR) is 80.4 cm³/mol. The number of piperidine rings is 1. The first kappa shape index (κ1) is 13.4. The predicted octanol–water partition coefficient (Wildman–Crippen LogP) is 0.990. The second kappa shape index (κ2) is 5.17. The lowest BCUT2D eigenvalue weighted by Gasteiger charge is -2.23. The maximum absolute atomic E-state index is 12.5. The van der Waals surface area contributed by atoms with E-state index in [0.717, 1.165) is 43.7 Å². The smallest absolute Gasteiger partial charge is 0.228 e. The van der Waals surface area contributed by atoms with Crippen LogP contribution in [0.15, 0.2) is 30.6 Å². The first-order valence-corrected chi connectivity index (χ1v) is 7.62. The van der Waals surface area contributed by atoms with Crippen LogP contribution in [-0.4, -0.2) is 39.2 Å². The fraction of sp³-hybridized carbons (Fsp3) is 0.467. The van der Waals surface area contributed by atoms with Gasteiger partial charge in [0.25, 0.3) is 0 Å². The number of nitrogens with one attached hydrogen (secondary N) is 2. The van der Waals surface area contributed by atoms with Gasteiger partial charge in [-0.15, -0.1) is 5.10 Å². The zero-order valence-corrected chi connectivity index (χ0v) is 12.2. The zero-order chi connectivity index (χ0) is 15.0. The number of benzene rings is 1. The average Bonchev–Trinajstić information content (AvgIpc) is 3.00. The molecule has 7 nitrogen and oxygen atoms in total. The Bertz CT molecular complexity index is 677. The number of rotatable bonds is 3. The highest BCUT2D eigenvalue weighted by Gasteiger charge is 2.57. The molecule has 1 aliphatic carbocycles. The molecule has 2 heterocycles. The molecule has 1 saturated carbocycles. The Kier molecular flexibility index (Phi) is 3.15. The van der Waals surface area contributed by atoms with Gasteiger partial charge in [-0.1, -0.05) is 6.07 Å². The molecule has 1 amide bonds. The molecule has 0 radical (unpaired) electrons. The highest BCUT2D eigenvalue weighted by Crippen LogP contribution is 2.58. The van der Waals surface area contributed by atoms with Crippen molar-refractivity contribution in [1.82, 2.24) is 25.5 Å². The Morgan fingerprint density at radius 3 is 3.00 bits per heavy atom. The van der Waals surface area contributed by atoms with Gasteiger partial charge < -0.3 is 10.6 Å². The molecule has 22 heavy (non-hydrogen) atoms. The van der Waals surface area contributed by atoms with Crippen LogP contribution in [0.25, 0.3) is 5.69 Å². The average molecular weight is 298 g/mol. The van der Waals surface area contributed by atoms with Crippen LogP contribution < -0.4 is 10.6 Å². The summed E-state index contributed by atoms with van der Waals surface area (Å²) in [6, 6.07) is 7.56. The summed E-state index contributed by atoms with van der Waals surface area (Å²) in [5.41, 5.74) is 1.87. The Balaban J connectivity index is 1.45. The number of nitrogens with zero attached hydrogens (tertiary/aromatic N) is 4. The minimum absolute atomic E-state index is 0.135. The van der Waals surface area contributed by atoms with Crippen molar-refractivity contribution in [3.63, 3.8) is 0 Å². The summed E-state index contributed by atoms with van der Waals surface area (Å²) in [5, 5.41) is 17.5. The van der Waals surface area contributed by atoms with Crippen molar-refractivity contribution in [2.75, 3.05) is 18.4 Å². The largest absolute Gasteiger partial charge is 0.326 e. The van der Waals surface area contributed by atoms with E-state index in [1.807, 2.05) is 24.3 Å². The van der Waals surface area contributed by atoms with E-state index in [1.165, 1.54) is 6.33 Å². The summed E-state index contributed by atoms with van der Waals surface area (Å²) in [6.45, 7) is 2.05. The molecule has 1 spiro atoms. The number of aromatic nitrogens is 4. The lowest BCUT2D eigenvalue weighted by molar-refractivity contribution is -0.118. The van der Waals surface area contributed by atoms with Crippen molar-refractivity contribution in [3.8, 4) is 5.69 Å². The van der Waals surface area contributed by atoms with Crippen LogP contribution in [0.4, 0.5) is 5.69 Å². The molecule has 2 fully saturated rings. The Morgan fingerprint density at radius 1 is 1.36 bits per heavy atom. The molecule has 2 aromatic rings. The van der Waals surface area contributed by atoms with Crippen molar-refractivity contribution >= 4 is 11.6 Å². The molecule has 2 N–H and O–H groups in total. The molecule has 0 bridgehead atoms. The van der Waals surface area contributed by atoms with Crippen molar-refractivity contribution in [1.29, 1.82) is 0 Å². The van der Waals surface area contributed by atoms with Crippen LogP contribution in [-0.2, 0) is 4.79 Å². The van der Waals surface area contributed by atoms with E-state index in [4.69, 9.17) is 0 Å². The van der Waals surface area contributed by atoms with E-state index in [-0.39, 0.29) is 17.2 Å². The third-order valence-electron chi connectivity index (χ3n) is 4.83. The Morgan fingerprint density at radius 2 is 2.23 bits per heavy atom. The molecule has 7 heteroatoms. The molecular formula is C15H18N6O. The van der Waals surface area contributed by atoms with Gasteiger partial charge in [-0.3, -0.25) is 4.79 Å². The monoisotopic (exact) mass is 298 g/mol. The number of hydrogen-bond donors (Lipinski definition) is 2. The van der Waals surface area contributed by atoms with E-state index >= 15 is 0 Å². The van der Waals surface area contributed by atoms with Gasteiger partial charge >= 0.3 is 0 Å². The summed E-state index contributed by atoms with van der Waals surface area (Å²) in [4.78, 5) is 12.5. The van der Waals surface area contributed by atoms with Crippen LogP contribution in [0.3, 0.4) is 0 Å². The number of carbonyl (C=O) groups excluding carboxylic acids is 1. The first-order valence-electron chi connectivity index (χ1n) is 7.62. The molecule has 1 saturated heterocycles. The fourth-order valence-corrected chi connectivity index (χ4v) is 3.43. The highest BCUT2D eigenvalue weighted by atomic mass is 16.2. The van der Waals surface area contributed by atoms with Crippen LogP contribution in [0.5, 0.6) is 0 Å². The minimum Gasteiger partial charge on any atom is -0.326 e. The maximum Gasteiger partial charge on any atom is 0.228 e. The van der Waals surface area contributed by atoms with Gasteiger partial charge in [0.05, 0.1) is 5.69 Å². The molecule has 1 aromatic heterocycles. The molecule has 114 valence electrons. The van der Waals surface area contributed by atoms with Crippen LogP contribution in [0.1, 0.15) is 19.3 Å². The number of hydrogen-bond acceptors (Lipinski definition) is 5. The Labute approximate surface area is 128 Å². The van der Waals surface area contributed by atoms with E-state index < -0.39 is 0 Å². The van der Waals surface area contributed by atoms with Gasteiger partial charge in [-0.05, 0) is 66.4 Å². The van der Waals surface area contributed by atoms with Gasteiger partial charge in [0.2, 0.25) is 5.91 Å². The quantitative estimate of drug-likeness (QED) is 0.882. The molecule has 2 aliphatic rings.